The van der Waals surface area contributed by atoms with Crippen molar-refractivity contribution in [1.82, 2.24) is 14.9 Å². The number of nitrogens with one attached hydrogen (secondary N) is 2. The van der Waals surface area contributed by atoms with Crippen LogP contribution in [0.3, 0.4) is 0 Å². The number of hydrogen-bond acceptors (Lipinski definition) is 2. The summed E-state index contributed by atoms with van der Waals surface area (Å²) in [7, 11) is 0. The monoisotopic (exact) mass is 303 g/mol. The van der Waals surface area contributed by atoms with Crippen LogP contribution in [0.25, 0.3) is 11.0 Å². The Kier molecular flexibility index (Phi) is 4.18. The summed E-state index contributed by atoms with van der Waals surface area (Å²) in [6, 6.07) is 7.75. The molecule has 1 aromatic heterocycles. The Morgan fingerprint density at radius 2 is 1.91 bits per heavy atom. The average molecular weight is 303 g/mol. The lowest BCUT2D eigenvalue weighted by molar-refractivity contribution is 0.187. The molecule has 22 heavy (non-hydrogen) atoms. The summed E-state index contributed by atoms with van der Waals surface area (Å²) >= 11 is 0. The van der Waals surface area contributed by atoms with Gasteiger partial charge in [0.25, 0.3) is 0 Å². The van der Waals surface area contributed by atoms with Gasteiger partial charge < -0.3 is 15.4 Å². The minimum absolute atomic E-state index is 0.0455. The molecule has 0 aliphatic heterocycles. The van der Waals surface area contributed by atoms with E-state index in [2.05, 4.69) is 10.3 Å². The first-order valence-electron chi connectivity index (χ1n) is 7.78. The highest BCUT2D eigenvalue weighted by Gasteiger charge is 2.22. The van der Waals surface area contributed by atoms with Crippen LogP contribution in [0.1, 0.15) is 25.7 Å². The molecule has 0 saturated heterocycles. The minimum atomic E-state index is -0.951. The lowest BCUT2D eigenvalue weighted by Crippen LogP contribution is -2.31. The molecule has 0 bridgehead atoms. The van der Waals surface area contributed by atoms with Crippen molar-refractivity contribution in [1.29, 1.82) is 0 Å². The van der Waals surface area contributed by atoms with Gasteiger partial charge in [0.05, 0.1) is 11.0 Å². The highest BCUT2D eigenvalue weighted by Crippen LogP contribution is 2.29. The SMILES string of the molecule is O=C(O)NC[C@H]1CC[C@H](Cn2c(=O)[nH]c3ccccc32)CC1. The fourth-order valence-corrected chi connectivity index (χ4v) is 3.40. The second kappa shape index (κ2) is 6.25. The van der Waals surface area contributed by atoms with Crippen LogP contribution < -0.4 is 11.0 Å². The maximum atomic E-state index is 12.1. The first kappa shape index (κ1) is 14.7. The summed E-state index contributed by atoms with van der Waals surface area (Å²) in [5.41, 5.74) is 1.80. The molecule has 1 fully saturated rings. The van der Waals surface area contributed by atoms with E-state index in [0.717, 1.165) is 43.3 Å². The summed E-state index contributed by atoms with van der Waals surface area (Å²) in [4.78, 5) is 25.5. The van der Waals surface area contributed by atoms with Crippen molar-refractivity contribution in [2.24, 2.45) is 11.8 Å². The first-order chi connectivity index (χ1) is 10.6. The van der Waals surface area contributed by atoms with Crippen molar-refractivity contribution in [2.45, 2.75) is 32.2 Å². The van der Waals surface area contributed by atoms with Gasteiger partial charge in [-0.3, -0.25) is 4.57 Å². The predicted octanol–water partition coefficient (Wildman–Crippen LogP) is 2.40. The van der Waals surface area contributed by atoms with E-state index in [1.165, 1.54) is 0 Å². The Bertz CT molecular complexity index is 711. The predicted molar refractivity (Wildman–Crippen MR) is 84.0 cm³/mol. The van der Waals surface area contributed by atoms with Crippen LogP contribution in [0.2, 0.25) is 0 Å². The zero-order valence-electron chi connectivity index (χ0n) is 12.4. The van der Waals surface area contributed by atoms with Gasteiger partial charge in [0.1, 0.15) is 0 Å². The number of nitrogens with zero attached hydrogens (tertiary/aromatic N) is 1. The van der Waals surface area contributed by atoms with Gasteiger partial charge in [-0.05, 0) is 49.7 Å². The van der Waals surface area contributed by atoms with Gasteiger partial charge in [-0.25, -0.2) is 9.59 Å². The van der Waals surface area contributed by atoms with Gasteiger partial charge in [-0.15, -0.1) is 0 Å². The minimum Gasteiger partial charge on any atom is -0.465 e. The Morgan fingerprint density at radius 1 is 1.23 bits per heavy atom. The van der Waals surface area contributed by atoms with E-state index in [4.69, 9.17) is 5.11 Å². The summed E-state index contributed by atoms with van der Waals surface area (Å²) in [6.07, 6.45) is 3.16. The molecule has 1 aromatic carbocycles. The number of amides is 1. The molecule has 118 valence electrons. The van der Waals surface area contributed by atoms with Gasteiger partial charge in [-0.1, -0.05) is 12.1 Å². The molecule has 3 N–H and O–H groups in total. The third kappa shape index (κ3) is 3.16. The standard InChI is InChI=1S/C16H21N3O3/c20-15-18-13-3-1-2-4-14(13)19(15)10-12-7-5-11(6-8-12)9-17-16(21)22/h1-4,11-12,17H,5-10H2,(H,18,20)(H,21,22)/t11-,12-. The number of H-pyrrole nitrogens is 1. The Labute approximate surface area is 128 Å². The molecule has 6 heteroatoms. The molecule has 1 aliphatic rings. The number of hydrogen-bond donors (Lipinski definition) is 3. The highest BCUT2D eigenvalue weighted by molar-refractivity contribution is 5.74. The first-order valence-corrected chi connectivity index (χ1v) is 7.78. The van der Waals surface area contributed by atoms with E-state index >= 15 is 0 Å². The van der Waals surface area contributed by atoms with Crippen LogP contribution >= 0.6 is 0 Å². The molecular formula is C16H21N3O3. The molecule has 1 amide bonds. The zero-order chi connectivity index (χ0) is 15.5. The number of aromatic amines is 1. The highest BCUT2D eigenvalue weighted by atomic mass is 16.4. The molecule has 1 aliphatic carbocycles. The van der Waals surface area contributed by atoms with Crippen LogP contribution in [0, 0.1) is 11.8 Å². The van der Waals surface area contributed by atoms with E-state index in [0.29, 0.717) is 18.4 Å². The van der Waals surface area contributed by atoms with Crippen LogP contribution in [-0.4, -0.2) is 27.3 Å². The maximum Gasteiger partial charge on any atom is 0.404 e. The van der Waals surface area contributed by atoms with Gasteiger partial charge in [0, 0.05) is 13.1 Å². The van der Waals surface area contributed by atoms with E-state index in [1.807, 2.05) is 28.8 Å². The molecule has 2 aromatic rings. The van der Waals surface area contributed by atoms with Crippen molar-refractivity contribution >= 4 is 17.1 Å². The van der Waals surface area contributed by atoms with Crippen molar-refractivity contribution in [3.63, 3.8) is 0 Å². The van der Waals surface area contributed by atoms with Crippen LogP contribution in [0.15, 0.2) is 29.1 Å². The molecule has 1 heterocycles. The molecule has 0 spiro atoms. The topological polar surface area (TPSA) is 87.1 Å². The van der Waals surface area contributed by atoms with Gasteiger partial charge >= 0.3 is 11.8 Å². The van der Waals surface area contributed by atoms with Gasteiger partial charge in [0.15, 0.2) is 0 Å². The van der Waals surface area contributed by atoms with Gasteiger partial charge in [-0.2, -0.15) is 0 Å². The van der Waals surface area contributed by atoms with E-state index < -0.39 is 6.09 Å². The Balaban J connectivity index is 1.61. The van der Waals surface area contributed by atoms with Crippen LogP contribution in [0.4, 0.5) is 4.79 Å². The van der Waals surface area contributed by atoms with Crippen molar-refractivity contribution in [3.05, 3.63) is 34.7 Å². The molecule has 1 saturated carbocycles. The Morgan fingerprint density at radius 3 is 2.64 bits per heavy atom. The summed E-state index contributed by atoms with van der Waals surface area (Å²) in [5.74, 6) is 0.907. The number of carbonyl (C=O) groups is 1. The quantitative estimate of drug-likeness (QED) is 0.810. The third-order valence-electron chi connectivity index (χ3n) is 4.63. The van der Waals surface area contributed by atoms with Crippen molar-refractivity contribution in [3.8, 4) is 0 Å². The number of carboxylic acid groups (broad SMARTS) is 1. The number of benzene rings is 1. The maximum absolute atomic E-state index is 12.1. The molecule has 0 unspecified atom stereocenters. The molecule has 0 atom stereocenters. The molecule has 3 rings (SSSR count). The van der Waals surface area contributed by atoms with Crippen LogP contribution in [0.5, 0.6) is 0 Å². The van der Waals surface area contributed by atoms with E-state index in [-0.39, 0.29) is 5.69 Å². The Hall–Kier alpha value is -2.24. The number of rotatable bonds is 4. The normalized spacial score (nSPS) is 21.8. The lowest BCUT2D eigenvalue weighted by Gasteiger charge is -2.28. The average Bonchev–Trinajstić information content (AvgIpc) is 2.83. The molecule has 0 radical (unpaired) electrons. The van der Waals surface area contributed by atoms with Crippen molar-refractivity contribution in [2.75, 3.05) is 6.54 Å². The molecular weight excluding hydrogens is 282 g/mol. The summed E-state index contributed by atoms with van der Waals surface area (Å²) in [5, 5.41) is 11.1. The van der Waals surface area contributed by atoms with E-state index in [9.17, 15) is 9.59 Å². The number of aromatic nitrogens is 2. The van der Waals surface area contributed by atoms with Crippen molar-refractivity contribution < 1.29 is 9.90 Å². The summed E-state index contributed by atoms with van der Waals surface area (Å²) < 4.78 is 1.83. The number of fused-ring (bicyclic) bond motifs is 1. The lowest BCUT2D eigenvalue weighted by atomic mass is 9.82. The van der Waals surface area contributed by atoms with E-state index in [1.54, 1.807) is 0 Å². The molecule has 6 nitrogen and oxygen atoms in total. The third-order valence-corrected chi connectivity index (χ3v) is 4.63. The smallest absolute Gasteiger partial charge is 0.404 e. The second-order valence-electron chi connectivity index (χ2n) is 6.13. The van der Waals surface area contributed by atoms with Gasteiger partial charge in [0.2, 0.25) is 0 Å². The fourth-order valence-electron chi connectivity index (χ4n) is 3.40. The fraction of sp³-hybridized carbons (Fsp3) is 0.500. The summed E-state index contributed by atoms with van der Waals surface area (Å²) in [6.45, 7) is 1.27. The largest absolute Gasteiger partial charge is 0.465 e. The zero-order valence-corrected chi connectivity index (χ0v) is 12.4. The number of imidazole rings is 1. The van der Waals surface area contributed by atoms with Crippen LogP contribution in [-0.2, 0) is 6.54 Å². The second-order valence-corrected chi connectivity index (χ2v) is 6.13. The number of para-hydroxylation sites is 2.